The van der Waals surface area contributed by atoms with Crippen LogP contribution in [0.1, 0.15) is 18.8 Å². The highest BCUT2D eigenvalue weighted by atomic mass is 16.4. The molecule has 6 nitrogen and oxygen atoms in total. The molecule has 110 valence electrons. The summed E-state index contributed by atoms with van der Waals surface area (Å²) in [7, 11) is 0. The summed E-state index contributed by atoms with van der Waals surface area (Å²) in [5.74, 6) is 0.789. The summed E-state index contributed by atoms with van der Waals surface area (Å²) >= 11 is 0. The van der Waals surface area contributed by atoms with Gasteiger partial charge in [-0.25, -0.2) is 14.8 Å². The molecule has 1 fully saturated rings. The van der Waals surface area contributed by atoms with E-state index in [0.29, 0.717) is 26.2 Å². The highest BCUT2D eigenvalue weighted by Gasteiger charge is 2.25. The molecule has 0 radical (unpaired) electrons. The van der Waals surface area contributed by atoms with Gasteiger partial charge in [0.25, 0.3) is 0 Å². The van der Waals surface area contributed by atoms with E-state index in [9.17, 15) is 4.79 Å². The number of carbonyl (C=O) groups is 1. The fraction of sp³-hybridized carbons (Fsp3) is 0.400. The molecule has 1 N–H and O–H groups in total. The number of amides is 1. The van der Waals surface area contributed by atoms with Crippen LogP contribution in [-0.4, -0.2) is 57.1 Å². The zero-order valence-electron chi connectivity index (χ0n) is 11.9. The normalized spacial score (nSPS) is 17.9. The first-order chi connectivity index (χ1) is 10.1. The van der Waals surface area contributed by atoms with Crippen LogP contribution < -0.4 is 0 Å². The molecule has 1 unspecified atom stereocenters. The van der Waals surface area contributed by atoms with Gasteiger partial charge in [-0.3, -0.25) is 4.90 Å². The van der Waals surface area contributed by atoms with Gasteiger partial charge in [-0.1, -0.05) is 18.2 Å². The van der Waals surface area contributed by atoms with Gasteiger partial charge in [0, 0.05) is 37.8 Å². The fourth-order valence-corrected chi connectivity index (χ4v) is 2.65. The topological polar surface area (TPSA) is 69.6 Å². The van der Waals surface area contributed by atoms with E-state index < -0.39 is 6.09 Å². The molecular formula is C15H18N4O2. The Labute approximate surface area is 123 Å². The third-order valence-corrected chi connectivity index (χ3v) is 4.01. The summed E-state index contributed by atoms with van der Waals surface area (Å²) in [5.41, 5.74) is 0.943. The molecule has 0 saturated carbocycles. The van der Waals surface area contributed by atoms with Crippen molar-refractivity contribution in [3.63, 3.8) is 0 Å². The quantitative estimate of drug-likeness (QED) is 0.914. The van der Waals surface area contributed by atoms with E-state index in [-0.39, 0.29) is 6.04 Å². The molecule has 0 spiro atoms. The predicted octanol–water partition coefficient (Wildman–Crippen LogP) is 1.99. The van der Waals surface area contributed by atoms with Gasteiger partial charge in [0.05, 0.1) is 11.6 Å². The average molecular weight is 286 g/mol. The molecule has 1 aliphatic rings. The van der Waals surface area contributed by atoms with Crippen LogP contribution in [-0.2, 0) is 0 Å². The van der Waals surface area contributed by atoms with Crippen LogP contribution in [0.15, 0.2) is 30.5 Å². The van der Waals surface area contributed by atoms with Gasteiger partial charge in [-0.15, -0.1) is 0 Å². The minimum atomic E-state index is -0.843. The lowest BCUT2D eigenvalue weighted by Gasteiger charge is -2.36. The van der Waals surface area contributed by atoms with E-state index in [1.165, 1.54) is 4.90 Å². The third kappa shape index (κ3) is 2.80. The number of hydrogen-bond donors (Lipinski definition) is 1. The van der Waals surface area contributed by atoms with Crippen LogP contribution >= 0.6 is 0 Å². The SMILES string of the molecule is CC(c1ncc2ccccc2n1)N1CCN(C(=O)O)CC1. The smallest absolute Gasteiger partial charge is 0.407 e. The van der Waals surface area contributed by atoms with Gasteiger partial charge in [0.15, 0.2) is 0 Å². The largest absolute Gasteiger partial charge is 0.465 e. The molecule has 1 amide bonds. The number of benzene rings is 1. The van der Waals surface area contributed by atoms with Crippen LogP contribution in [0.5, 0.6) is 0 Å². The molecule has 0 bridgehead atoms. The number of para-hydroxylation sites is 1. The predicted molar refractivity (Wildman–Crippen MR) is 79.1 cm³/mol. The molecule has 1 atom stereocenters. The van der Waals surface area contributed by atoms with Gasteiger partial charge in [-0.2, -0.15) is 0 Å². The number of fused-ring (bicyclic) bond motifs is 1. The monoisotopic (exact) mass is 286 g/mol. The Kier molecular flexibility index (Phi) is 3.70. The van der Waals surface area contributed by atoms with Crippen molar-refractivity contribution in [2.45, 2.75) is 13.0 Å². The zero-order chi connectivity index (χ0) is 14.8. The van der Waals surface area contributed by atoms with Crippen molar-refractivity contribution < 1.29 is 9.90 Å². The van der Waals surface area contributed by atoms with E-state index >= 15 is 0 Å². The van der Waals surface area contributed by atoms with Crippen molar-refractivity contribution in [2.24, 2.45) is 0 Å². The summed E-state index contributed by atoms with van der Waals surface area (Å²) in [6, 6.07) is 8.01. The summed E-state index contributed by atoms with van der Waals surface area (Å²) in [6.07, 6.45) is 1.01. The molecule has 21 heavy (non-hydrogen) atoms. The highest BCUT2D eigenvalue weighted by molar-refractivity contribution is 5.77. The van der Waals surface area contributed by atoms with E-state index in [4.69, 9.17) is 5.11 Å². The molecule has 0 aliphatic carbocycles. The number of hydrogen-bond acceptors (Lipinski definition) is 4. The molecule has 1 aromatic heterocycles. The van der Waals surface area contributed by atoms with Crippen molar-refractivity contribution in [1.29, 1.82) is 0 Å². The molecular weight excluding hydrogens is 268 g/mol. The Hall–Kier alpha value is -2.21. The van der Waals surface area contributed by atoms with Gasteiger partial charge in [0.2, 0.25) is 0 Å². The Balaban J connectivity index is 1.75. The highest BCUT2D eigenvalue weighted by Crippen LogP contribution is 2.20. The summed E-state index contributed by atoms with van der Waals surface area (Å²) in [6.45, 7) is 4.56. The van der Waals surface area contributed by atoms with Crippen molar-refractivity contribution in [2.75, 3.05) is 26.2 Å². The van der Waals surface area contributed by atoms with E-state index in [1.807, 2.05) is 30.5 Å². The van der Waals surface area contributed by atoms with Crippen molar-refractivity contribution in [3.8, 4) is 0 Å². The van der Waals surface area contributed by atoms with E-state index in [0.717, 1.165) is 16.7 Å². The second-order valence-electron chi connectivity index (χ2n) is 5.27. The molecule has 3 rings (SSSR count). The fourth-order valence-electron chi connectivity index (χ4n) is 2.65. The van der Waals surface area contributed by atoms with Crippen LogP contribution in [0.2, 0.25) is 0 Å². The van der Waals surface area contributed by atoms with Crippen molar-refractivity contribution >= 4 is 17.0 Å². The minimum absolute atomic E-state index is 0.0885. The van der Waals surface area contributed by atoms with E-state index in [2.05, 4.69) is 21.8 Å². The second-order valence-corrected chi connectivity index (χ2v) is 5.27. The number of aromatic nitrogens is 2. The summed E-state index contributed by atoms with van der Waals surface area (Å²) in [4.78, 5) is 23.7. The lowest BCUT2D eigenvalue weighted by Crippen LogP contribution is -2.49. The molecule has 2 heterocycles. The molecule has 1 saturated heterocycles. The second kappa shape index (κ2) is 5.65. The van der Waals surface area contributed by atoms with Crippen molar-refractivity contribution in [3.05, 3.63) is 36.3 Å². The average Bonchev–Trinajstić information content (AvgIpc) is 2.54. The Morgan fingerprint density at radius 2 is 1.95 bits per heavy atom. The summed E-state index contributed by atoms with van der Waals surface area (Å²) < 4.78 is 0. The Morgan fingerprint density at radius 3 is 2.67 bits per heavy atom. The zero-order valence-corrected chi connectivity index (χ0v) is 11.9. The molecule has 1 aliphatic heterocycles. The summed E-state index contributed by atoms with van der Waals surface area (Å²) in [5, 5.41) is 10.0. The van der Waals surface area contributed by atoms with E-state index in [1.54, 1.807) is 0 Å². The maximum Gasteiger partial charge on any atom is 0.407 e. The Bertz CT molecular complexity index is 653. The van der Waals surface area contributed by atoms with Gasteiger partial charge < -0.3 is 10.0 Å². The first kappa shape index (κ1) is 13.8. The van der Waals surface area contributed by atoms with Crippen LogP contribution in [0, 0.1) is 0 Å². The minimum Gasteiger partial charge on any atom is -0.465 e. The number of piperazine rings is 1. The first-order valence-corrected chi connectivity index (χ1v) is 7.09. The van der Waals surface area contributed by atoms with Gasteiger partial charge in [-0.05, 0) is 13.0 Å². The molecule has 1 aromatic carbocycles. The number of nitrogens with zero attached hydrogens (tertiary/aromatic N) is 4. The number of carboxylic acid groups (broad SMARTS) is 1. The lowest BCUT2D eigenvalue weighted by atomic mass is 10.2. The van der Waals surface area contributed by atoms with Gasteiger partial charge >= 0.3 is 6.09 Å². The van der Waals surface area contributed by atoms with Crippen molar-refractivity contribution in [1.82, 2.24) is 19.8 Å². The van der Waals surface area contributed by atoms with Crippen LogP contribution in [0.3, 0.4) is 0 Å². The molecule has 6 heteroatoms. The maximum absolute atomic E-state index is 10.9. The van der Waals surface area contributed by atoms with Crippen LogP contribution in [0.4, 0.5) is 4.79 Å². The van der Waals surface area contributed by atoms with Gasteiger partial charge in [0.1, 0.15) is 5.82 Å². The number of rotatable bonds is 2. The van der Waals surface area contributed by atoms with Crippen LogP contribution in [0.25, 0.3) is 10.9 Å². The first-order valence-electron chi connectivity index (χ1n) is 7.09. The molecule has 2 aromatic rings. The lowest BCUT2D eigenvalue weighted by molar-refractivity contribution is 0.0870. The Morgan fingerprint density at radius 1 is 1.24 bits per heavy atom. The standard InChI is InChI=1S/C15H18N4O2/c1-11(18-6-8-19(9-7-18)15(20)21)14-16-10-12-4-2-3-5-13(12)17-14/h2-5,10-11H,6-9H2,1H3,(H,20,21). The third-order valence-electron chi connectivity index (χ3n) is 4.01. The maximum atomic E-state index is 10.9.